The summed E-state index contributed by atoms with van der Waals surface area (Å²) in [4.78, 5) is 4.54. The summed E-state index contributed by atoms with van der Waals surface area (Å²) < 4.78 is 0. The third-order valence-electron chi connectivity index (χ3n) is 5.30. The van der Waals surface area contributed by atoms with Crippen molar-refractivity contribution < 1.29 is 0 Å². The molecule has 1 aliphatic carbocycles. The second kappa shape index (κ2) is 6.71. The number of aryl methyl sites for hydroxylation is 1. The van der Waals surface area contributed by atoms with Crippen LogP contribution in [-0.4, -0.2) is 15.2 Å². The van der Waals surface area contributed by atoms with E-state index in [1.807, 2.05) is 12.4 Å². The smallest absolute Gasteiger partial charge is 0.126 e. The molecule has 2 unspecified atom stereocenters. The molecule has 2 atom stereocenters. The number of H-pyrrole nitrogens is 1. The third kappa shape index (κ3) is 3.04. The normalized spacial score (nSPS) is 17.3. The summed E-state index contributed by atoms with van der Waals surface area (Å²) in [5.41, 5.74) is 6.38. The minimum absolute atomic E-state index is 0.345. The zero-order valence-corrected chi connectivity index (χ0v) is 14.8. The van der Waals surface area contributed by atoms with Gasteiger partial charge in [-0.05, 0) is 54.0 Å². The molecule has 25 heavy (non-hydrogen) atoms. The first-order valence-corrected chi connectivity index (χ1v) is 9.10. The van der Waals surface area contributed by atoms with E-state index in [4.69, 9.17) is 0 Å². The Morgan fingerprint density at radius 1 is 1.28 bits per heavy atom. The molecule has 2 aromatic heterocycles. The van der Waals surface area contributed by atoms with Crippen molar-refractivity contribution in [2.24, 2.45) is 0 Å². The molecule has 0 bridgehead atoms. The molecule has 0 amide bonds. The molecule has 128 valence electrons. The van der Waals surface area contributed by atoms with Crippen LogP contribution in [0.5, 0.6) is 0 Å². The Balaban J connectivity index is 1.60. The number of hydrogen-bond acceptors (Lipinski definition) is 3. The highest BCUT2D eigenvalue weighted by Gasteiger charge is 2.22. The van der Waals surface area contributed by atoms with Crippen LogP contribution in [0.15, 0.2) is 48.8 Å². The highest BCUT2D eigenvalue weighted by Crippen LogP contribution is 2.34. The maximum Gasteiger partial charge on any atom is 0.126 e. The molecule has 1 aliphatic rings. The Kier molecular flexibility index (Phi) is 4.26. The van der Waals surface area contributed by atoms with Gasteiger partial charge in [0.1, 0.15) is 5.82 Å². The Morgan fingerprint density at radius 2 is 2.16 bits per heavy atom. The van der Waals surface area contributed by atoms with Gasteiger partial charge in [-0.1, -0.05) is 38.1 Å². The maximum absolute atomic E-state index is 4.54. The molecule has 4 nitrogen and oxygen atoms in total. The lowest BCUT2D eigenvalue weighted by atomic mass is 9.97. The molecule has 2 heterocycles. The molecular formula is C21H24N4. The summed E-state index contributed by atoms with van der Waals surface area (Å²) in [6.07, 6.45) is 7.14. The average Bonchev–Trinajstić information content (AvgIpc) is 3.29. The van der Waals surface area contributed by atoms with Crippen LogP contribution in [0.3, 0.4) is 0 Å². The van der Waals surface area contributed by atoms with Crippen molar-refractivity contribution in [3.05, 3.63) is 65.6 Å². The zero-order valence-electron chi connectivity index (χ0n) is 14.8. The first-order valence-electron chi connectivity index (χ1n) is 9.10. The number of benzene rings is 1. The monoisotopic (exact) mass is 332 g/mol. The lowest BCUT2D eigenvalue weighted by Gasteiger charge is -2.16. The number of fused-ring (bicyclic) bond motifs is 1. The Morgan fingerprint density at radius 3 is 3.04 bits per heavy atom. The summed E-state index contributed by atoms with van der Waals surface area (Å²) in [5, 5.41) is 11.1. The number of nitrogens with zero attached hydrogens (tertiary/aromatic N) is 2. The maximum atomic E-state index is 4.54. The first-order chi connectivity index (χ1) is 12.3. The highest BCUT2D eigenvalue weighted by atomic mass is 15.1. The molecule has 2 N–H and O–H groups in total. The van der Waals surface area contributed by atoms with Crippen molar-refractivity contribution >= 4 is 5.82 Å². The minimum Gasteiger partial charge on any atom is -0.363 e. The van der Waals surface area contributed by atoms with Gasteiger partial charge in [-0.3, -0.25) is 5.10 Å². The van der Waals surface area contributed by atoms with Gasteiger partial charge in [0.25, 0.3) is 0 Å². The minimum atomic E-state index is 0.345. The van der Waals surface area contributed by atoms with Crippen LogP contribution in [-0.2, 0) is 6.42 Å². The molecule has 0 saturated heterocycles. The van der Waals surface area contributed by atoms with E-state index in [2.05, 4.69) is 70.7 Å². The number of pyridine rings is 1. The van der Waals surface area contributed by atoms with Crippen LogP contribution < -0.4 is 5.32 Å². The van der Waals surface area contributed by atoms with E-state index in [0.717, 1.165) is 30.6 Å². The fourth-order valence-electron chi connectivity index (χ4n) is 3.67. The van der Waals surface area contributed by atoms with E-state index >= 15 is 0 Å². The zero-order chi connectivity index (χ0) is 17.2. The van der Waals surface area contributed by atoms with Gasteiger partial charge >= 0.3 is 0 Å². The van der Waals surface area contributed by atoms with Gasteiger partial charge in [0.05, 0.1) is 12.2 Å². The van der Waals surface area contributed by atoms with Gasteiger partial charge in [-0.25, -0.2) is 4.98 Å². The predicted molar refractivity (Wildman–Crippen MR) is 102 cm³/mol. The number of aromatic amines is 1. The van der Waals surface area contributed by atoms with Crippen molar-refractivity contribution in [2.75, 3.05) is 5.32 Å². The van der Waals surface area contributed by atoms with Gasteiger partial charge in [0.15, 0.2) is 0 Å². The molecule has 4 rings (SSSR count). The molecule has 3 aromatic rings. The van der Waals surface area contributed by atoms with Crippen molar-refractivity contribution in [3.8, 4) is 11.1 Å². The van der Waals surface area contributed by atoms with Crippen LogP contribution in [0.25, 0.3) is 11.1 Å². The highest BCUT2D eigenvalue weighted by molar-refractivity contribution is 5.68. The molecule has 0 spiro atoms. The summed E-state index contributed by atoms with van der Waals surface area (Å²) in [6, 6.07) is 13.2. The molecule has 0 radical (unpaired) electrons. The largest absolute Gasteiger partial charge is 0.363 e. The van der Waals surface area contributed by atoms with E-state index in [1.165, 1.54) is 22.4 Å². The Hall–Kier alpha value is -2.62. The molecule has 0 saturated carbocycles. The van der Waals surface area contributed by atoms with Crippen LogP contribution in [0, 0.1) is 0 Å². The Bertz CT molecular complexity index is 868. The van der Waals surface area contributed by atoms with Gasteiger partial charge in [-0.15, -0.1) is 0 Å². The van der Waals surface area contributed by atoms with Gasteiger partial charge in [-0.2, -0.15) is 5.10 Å². The fraction of sp³-hybridized carbons (Fsp3) is 0.333. The quantitative estimate of drug-likeness (QED) is 0.684. The lowest BCUT2D eigenvalue weighted by molar-refractivity contribution is 0.705. The summed E-state index contributed by atoms with van der Waals surface area (Å²) in [5.74, 6) is 1.39. The topological polar surface area (TPSA) is 53.6 Å². The summed E-state index contributed by atoms with van der Waals surface area (Å²) in [7, 11) is 0. The molecule has 1 aromatic carbocycles. The predicted octanol–water partition coefficient (Wildman–Crippen LogP) is 5.08. The second-order valence-electron chi connectivity index (χ2n) is 6.87. The third-order valence-corrected chi connectivity index (χ3v) is 5.30. The second-order valence-corrected chi connectivity index (χ2v) is 6.87. The van der Waals surface area contributed by atoms with Crippen LogP contribution >= 0.6 is 0 Å². The number of anilines is 1. The number of aromatic nitrogens is 3. The van der Waals surface area contributed by atoms with Crippen LogP contribution in [0.4, 0.5) is 5.82 Å². The molecule has 0 fully saturated rings. The van der Waals surface area contributed by atoms with Crippen LogP contribution in [0.1, 0.15) is 55.5 Å². The van der Waals surface area contributed by atoms with E-state index in [1.54, 1.807) is 0 Å². The molecule has 4 heteroatoms. The number of rotatable bonds is 5. The van der Waals surface area contributed by atoms with Crippen LogP contribution in [0.2, 0.25) is 0 Å². The van der Waals surface area contributed by atoms with Gasteiger partial charge in [0.2, 0.25) is 0 Å². The summed E-state index contributed by atoms with van der Waals surface area (Å²) >= 11 is 0. The fourth-order valence-corrected chi connectivity index (χ4v) is 3.67. The Labute approximate surface area is 148 Å². The average molecular weight is 332 g/mol. The molecular weight excluding hydrogens is 308 g/mol. The van der Waals surface area contributed by atoms with E-state index in [0.29, 0.717) is 12.0 Å². The number of nitrogens with one attached hydrogen (secondary N) is 2. The summed E-state index contributed by atoms with van der Waals surface area (Å²) in [6.45, 7) is 4.43. The van der Waals surface area contributed by atoms with E-state index in [-0.39, 0.29) is 0 Å². The van der Waals surface area contributed by atoms with Crippen molar-refractivity contribution in [1.29, 1.82) is 0 Å². The first kappa shape index (κ1) is 15.9. The van der Waals surface area contributed by atoms with Crippen molar-refractivity contribution in [2.45, 2.75) is 45.1 Å². The van der Waals surface area contributed by atoms with E-state index in [9.17, 15) is 0 Å². The van der Waals surface area contributed by atoms with Gasteiger partial charge in [0, 0.05) is 17.5 Å². The van der Waals surface area contributed by atoms with Crippen molar-refractivity contribution in [3.63, 3.8) is 0 Å². The molecule has 0 aliphatic heterocycles. The SMILES string of the molecule is CCC(C)c1[nH]ncc1-c1ccnc(NC2CCc3ccccc32)c1. The number of hydrogen-bond donors (Lipinski definition) is 2. The lowest BCUT2D eigenvalue weighted by Crippen LogP contribution is -2.08. The van der Waals surface area contributed by atoms with Crippen molar-refractivity contribution in [1.82, 2.24) is 15.2 Å². The van der Waals surface area contributed by atoms with Gasteiger partial charge < -0.3 is 5.32 Å². The van der Waals surface area contributed by atoms with E-state index < -0.39 is 0 Å². The standard InChI is InChI=1S/C21H24N4/c1-3-14(2)21-18(13-23-25-21)16-10-11-22-20(12-16)24-19-9-8-15-6-4-5-7-17(15)19/h4-7,10-14,19H,3,8-9H2,1-2H3,(H,22,24)(H,23,25).